The van der Waals surface area contributed by atoms with Crippen LogP contribution in [0.2, 0.25) is 5.02 Å². The van der Waals surface area contributed by atoms with Crippen molar-refractivity contribution in [3.8, 4) is 0 Å². The van der Waals surface area contributed by atoms with E-state index in [4.69, 9.17) is 21.4 Å². The summed E-state index contributed by atoms with van der Waals surface area (Å²) in [6.07, 6.45) is 3.15. The second kappa shape index (κ2) is 8.40. The van der Waals surface area contributed by atoms with Crippen LogP contribution in [0.15, 0.2) is 24.3 Å². The fourth-order valence-electron chi connectivity index (χ4n) is 1.48. The molecule has 1 N–H and O–H groups in total. The molecule has 0 aromatic heterocycles. The lowest BCUT2D eigenvalue weighted by Gasteiger charge is -2.09. The third-order valence-corrected chi connectivity index (χ3v) is 3.79. The van der Waals surface area contributed by atoms with Crippen LogP contribution in [-0.4, -0.2) is 35.8 Å². The molecule has 1 aromatic rings. The van der Waals surface area contributed by atoms with Gasteiger partial charge in [0.2, 0.25) is 0 Å². The molecule has 0 aliphatic heterocycles. The Morgan fingerprint density at radius 2 is 2.06 bits per heavy atom. The first kappa shape index (κ1) is 15.3. The van der Waals surface area contributed by atoms with Crippen LogP contribution in [0.25, 0.3) is 0 Å². The zero-order valence-corrected chi connectivity index (χ0v) is 11.8. The van der Waals surface area contributed by atoms with E-state index in [1.165, 1.54) is 17.3 Å². The fourth-order valence-corrected chi connectivity index (χ4v) is 2.14. The van der Waals surface area contributed by atoms with E-state index in [2.05, 4.69) is 0 Å². The predicted molar refractivity (Wildman–Crippen MR) is 75.5 cm³/mol. The van der Waals surface area contributed by atoms with Crippen LogP contribution in [0, 0.1) is 0 Å². The monoisotopic (exact) mass is 288 g/mol. The summed E-state index contributed by atoms with van der Waals surface area (Å²) < 4.78 is 5.44. The Morgan fingerprint density at radius 3 is 2.61 bits per heavy atom. The summed E-state index contributed by atoms with van der Waals surface area (Å²) in [6.45, 7) is 1.08. The highest BCUT2D eigenvalue weighted by molar-refractivity contribution is 7.99. The highest BCUT2D eigenvalue weighted by atomic mass is 35.5. The molecule has 0 saturated heterocycles. The van der Waals surface area contributed by atoms with Gasteiger partial charge in [-0.2, -0.15) is 11.8 Å². The number of hydrogen-bond donors (Lipinski definition) is 1. The minimum Gasteiger partial charge on any atom is -0.480 e. The average molecular weight is 289 g/mol. The summed E-state index contributed by atoms with van der Waals surface area (Å²) in [4.78, 5) is 10.8. The Labute approximate surface area is 116 Å². The maximum absolute atomic E-state index is 10.8. The number of halogens is 1. The average Bonchev–Trinajstić information content (AvgIpc) is 2.35. The summed E-state index contributed by atoms with van der Waals surface area (Å²) in [7, 11) is 0. The van der Waals surface area contributed by atoms with Crippen LogP contribution in [0.5, 0.6) is 0 Å². The first-order chi connectivity index (χ1) is 8.63. The number of thioether (sulfide) groups is 1. The van der Waals surface area contributed by atoms with E-state index in [1.807, 2.05) is 24.3 Å². The van der Waals surface area contributed by atoms with E-state index in [0.717, 1.165) is 11.4 Å². The van der Waals surface area contributed by atoms with Crippen LogP contribution in [0.1, 0.15) is 12.0 Å². The minimum absolute atomic E-state index is 0.375. The van der Waals surface area contributed by atoms with E-state index in [-0.39, 0.29) is 5.25 Å². The van der Waals surface area contributed by atoms with E-state index >= 15 is 0 Å². The van der Waals surface area contributed by atoms with Gasteiger partial charge in [-0.25, -0.2) is 0 Å². The van der Waals surface area contributed by atoms with Crippen molar-refractivity contribution in [3.63, 3.8) is 0 Å². The molecule has 0 bridgehead atoms. The Morgan fingerprint density at radius 1 is 1.39 bits per heavy atom. The molecular formula is C13H17ClO3S. The molecule has 1 aromatic carbocycles. The van der Waals surface area contributed by atoms with Crippen molar-refractivity contribution >= 4 is 29.3 Å². The number of carboxylic acids is 1. The lowest BCUT2D eigenvalue weighted by atomic mass is 10.2. The van der Waals surface area contributed by atoms with E-state index in [9.17, 15) is 4.79 Å². The van der Waals surface area contributed by atoms with Crippen molar-refractivity contribution in [1.29, 1.82) is 0 Å². The smallest absolute Gasteiger partial charge is 0.316 e. The summed E-state index contributed by atoms with van der Waals surface area (Å²) in [5.74, 6) is -0.774. The van der Waals surface area contributed by atoms with Crippen molar-refractivity contribution in [2.45, 2.75) is 18.1 Å². The molecule has 100 valence electrons. The maximum atomic E-state index is 10.8. The standard InChI is InChI=1S/C13H17ClO3S/c1-18-12(13(15)16)7-9-17-8-6-10-2-4-11(14)5-3-10/h2-5,12H,6-9H2,1H3,(H,15,16). The Kier molecular flexibility index (Phi) is 7.16. The van der Waals surface area contributed by atoms with Gasteiger partial charge in [0.05, 0.1) is 6.61 Å². The van der Waals surface area contributed by atoms with Crippen molar-refractivity contribution in [3.05, 3.63) is 34.9 Å². The second-order valence-electron chi connectivity index (χ2n) is 3.84. The molecule has 0 aliphatic rings. The lowest BCUT2D eigenvalue weighted by molar-refractivity contribution is -0.136. The molecule has 1 unspecified atom stereocenters. The summed E-state index contributed by atoms with van der Waals surface area (Å²) >= 11 is 7.13. The van der Waals surface area contributed by atoms with Crippen molar-refractivity contribution in [2.24, 2.45) is 0 Å². The molecule has 18 heavy (non-hydrogen) atoms. The molecule has 0 radical (unpaired) electrons. The number of hydrogen-bond acceptors (Lipinski definition) is 3. The molecule has 0 saturated carbocycles. The van der Waals surface area contributed by atoms with Gasteiger partial charge < -0.3 is 9.84 Å². The van der Waals surface area contributed by atoms with Crippen molar-refractivity contribution in [2.75, 3.05) is 19.5 Å². The van der Waals surface area contributed by atoms with Crippen LogP contribution < -0.4 is 0 Å². The first-order valence-electron chi connectivity index (χ1n) is 5.71. The predicted octanol–water partition coefficient (Wildman–Crippen LogP) is 3.11. The Balaban J connectivity index is 2.15. The lowest BCUT2D eigenvalue weighted by Crippen LogP contribution is -2.18. The maximum Gasteiger partial charge on any atom is 0.316 e. The first-order valence-corrected chi connectivity index (χ1v) is 7.38. The SMILES string of the molecule is CSC(CCOCCc1ccc(Cl)cc1)C(=O)O. The van der Waals surface area contributed by atoms with Gasteiger partial charge in [-0.05, 0) is 36.8 Å². The molecule has 5 heteroatoms. The van der Waals surface area contributed by atoms with Crippen LogP contribution in [0.4, 0.5) is 0 Å². The largest absolute Gasteiger partial charge is 0.480 e. The third-order valence-electron chi connectivity index (χ3n) is 2.53. The Bertz CT molecular complexity index is 367. The molecule has 0 amide bonds. The zero-order valence-electron chi connectivity index (χ0n) is 10.3. The van der Waals surface area contributed by atoms with Gasteiger partial charge >= 0.3 is 5.97 Å². The van der Waals surface area contributed by atoms with Crippen molar-refractivity contribution < 1.29 is 14.6 Å². The topological polar surface area (TPSA) is 46.5 Å². The van der Waals surface area contributed by atoms with Gasteiger partial charge in [-0.1, -0.05) is 23.7 Å². The summed E-state index contributed by atoms with van der Waals surface area (Å²) in [5.41, 5.74) is 1.17. The molecule has 0 heterocycles. The number of aliphatic carboxylic acids is 1. The van der Waals surface area contributed by atoms with E-state index in [0.29, 0.717) is 19.6 Å². The number of carboxylic acid groups (broad SMARTS) is 1. The molecular weight excluding hydrogens is 272 g/mol. The van der Waals surface area contributed by atoms with Crippen LogP contribution >= 0.6 is 23.4 Å². The minimum atomic E-state index is -0.774. The molecule has 0 aliphatic carbocycles. The molecule has 1 rings (SSSR count). The van der Waals surface area contributed by atoms with Crippen LogP contribution in [-0.2, 0) is 16.0 Å². The molecule has 1 atom stereocenters. The van der Waals surface area contributed by atoms with Crippen LogP contribution in [0.3, 0.4) is 0 Å². The van der Waals surface area contributed by atoms with Gasteiger partial charge in [0.1, 0.15) is 5.25 Å². The molecule has 0 fully saturated rings. The summed E-state index contributed by atoms with van der Waals surface area (Å²) in [5, 5.41) is 9.20. The Hall–Kier alpha value is -0.710. The zero-order chi connectivity index (χ0) is 13.4. The second-order valence-corrected chi connectivity index (χ2v) is 5.32. The van der Waals surface area contributed by atoms with Gasteiger partial charge in [0.15, 0.2) is 0 Å². The number of ether oxygens (including phenoxy) is 1. The van der Waals surface area contributed by atoms with Gasteiger partial charge in [-0.15, -0.1) is 0 Å². The normalized spacial score (nSPS) is 12.3. The molecule has 0 spiro atoms. The van der Waals surface area contributed by atoms with Gasteiger partial charge in [-0.3, -0.25) is 4.79 Å². The number of rotatable bonds is 8. The molecule has 3 nitrogen and oxygen atoms in total. The highest BCUT2D eigenvalue weighted by Crippen LogP contribution is 2.12. The fraction of sp³-hybridized carbons (Fsp3) is 0.462. The number of carbonyl (C=O) groups is 1. The van der Waals surface area contributed by atoms with Gasteiger partial charge in [0.25, 0.3) is 0 Å². The van der Waals surface area contributed by atoms with Gasteiger partial charge in [0, 0.05) is 11.6 Å². The van der Waals surface area contributed by atoms with E-state index < -0.39 is 5.97 Å². The quantitative estimate of drug-likeness (QED) is 0.747. The third kappa shape index (κ3) is 5.76. The highest BCUT2D eigenvalue weighted by Gasteiger charge is 2.14. The van der Waals surface area contributed by atoms with Crippen molar-refractivity contribution in [1.82, 2.24) is 0 Å². The summed E-state index contributed by atoms with van der Waals surface area (Å²) in [6, 6.07) is 7.64. The number of benzene rings is 1. The van der Waals surface area contributed by atoms with E-state index in [1.54, 1.807) is 6.26 Å².